The van der Waals surface area contributed by atoms with Crippen molar-refractivity contribution >= 4 is 0 Å². The first-order valence-corrected chi connectivity index (χ1v) is 6.37. The highest BCUT2D eigenvalue weighted by Gasteiger charge is 2.34. The molecule has 1 N–H and O–H groups in total. The van der Waals surface area contributed by atoms with E-state index in [4.69, 9.17) is 0 Å². The minimum absolute atomic E-state index is 0.419. The van der Waals surface area contributed by atoms with Gasteiger partial charge < -0.3 is 5.32 Å². The van der Waals surface area contributed by atoms with E-state index in [-0.39, 0.29) is 0 Å². The minimum Gasteiger partial charge on any atom is -0.318 e. The summed E-state index contributed by atoms with van der Waals surface area (Å²) < 4.78 is 0. The molecular formula is C13H28N2. The number of likely N-dealkylation sites (N-methyl/N-ethyl adjacent to an activating group) is 1. The van der Waals surface area contributed by atoms with E-state index in [0.717, 1.165) is 12.6 Å². The Hall–Kier alpha value is -0.0800. The maximum absolute atomic E-state index is 3.30. The lowest BCUT2D eigenvalue weighted by molar-refractivity contribution is 0.0337. The van der Waals surface area contributed by atoms with Crippen molar-refractivity contribution in [3.8, 4) is 0 Å². The normalized spacial score (nSPS) is 26.6. The Labute approximate surface area is 95.4 Å². The molecule has 1 aliphatic heterocycles. The molecule has 2 unspecified atom stereocenters. The zero-order valence-electron chi connectivity index (χ0n) is 11.1. The van der Waals surface area contributed by atoms with Crippen LogP contribution in [0.15, 0.2) is 0 Å². The fourth-order valence-corrected chi connectivity index (χ4v) is 2.82. The van der Waals surface area contributed by atoms with Gasteiger partial charge in [0.2, 0.25) is 0 Å². The summed E-state index contributed by atoms with van der Waals surface area (Å²) in [6, 6.07) is 1.43. The summed E-state index contributed by atoms with van der Waals surface area (Å²) in [4.78, 5) is 2.71. The van der Waals surface area contributed by atoms with Crippen molar-refractivity contribution in [2.75, 3.05) is 20.1 Å². The second-order valence-corrected chi connectivity index (χ2v) is 6.02. The topological polar surface area (TPSA) is 15.3 Å². The first-order valence-electron chi connectivity index (χ1n) is 6.37. The maximum atomic E-state index is 3.30. The molecule has 0 aromatic carbocycles. The Morgan fingerprint density at radius 1 is 1.33 bits per heavy atom. The SMILES string of the molecule is CNCC(C)N1CCCCC1C(C)(C)C. The molecule has 0 spiro atoms. The predicted molar refractivity (Wildman–Crippen MR) is 67.2 cm³/mol. The number of nitrogens with zero attached hydrogens (tertiary/aromatic N) is 1. The second kappa shape index (κ2) is 5.31. The highest BCUT2D eigenvalue weighted by molar-refractivity contribution is 4.89. The monoisotopic (exact) mass is 212 g/mol. The van der Waals surface area contributed by atoms with Crippen LogP contribution in [0.25, 0.3) is 0 Å². The van der Waals surface area contributed by atoms with E-state index in [1.54, 1.807) is 0 Å². The Kier molecular flexibility index (Phi) is 4.60. The van der Waals surface area contributed by atoms with Gasteiger partial charge in [0.25, 0.3) is 0 Å². The van der Waals surface area contributed by atoms with Crippen LogP contribution in [-0.4, -0.2) is 37.1 Å². The molecule has 2 atom stereocenters. The predicted octanol–water partition coefficient (Wildman–Crippen LogP) is 2.49. The van der Waals surface area contributed by atoms with Gasteiger partial charge in [-0.25, -0.2) is 0 Å². The minimum atomic E-state index is 0.419. The van der Waals surface area contributed by atoms with Gasteiger partial charge in [0.15, 0.2) is 0 Å². The van der Waals surface area contributed by atoms with E-state index in [9.17, 15) is 0 Å². The van der Waals surface area contributed by atoms with E-state index >= 15 is 0 Å². The van der Waals surface area contributed by atoms with Crippen molar-refractivity contribution < 1.29 is 0 Å². The van der Waals surface area contributed by atoms with Crippen LogP contribution >= 0.6 is 0 Å². The number of likely N-dealkylation sites (tertiary alicyclic amines) is 1. The molecule has 1 rings (SSSR count). The number of hydrogen-bond donors (Lipinski definition) is 1. The van der Waals surface area contributed by atoms with Gasteiger partial charge in [0.1, 0.15) is 0 Å². The Balaban J connectivity index is 2.65. The lowest BCUT2D eigenvalue weighted by atomic mass is 9.80. The summed E-state index contributed by atoms with van der Waals surface area (Å²) in [6.07, 6.45) is 4.16. The van der Waals surface area contributed by atoms with Crippen LogP contribution in [0.1, 0.15) is 47.0 Å². The van der Waals surface area contributed by atoms with Gasteiger partial charge in [-0.15, -0.1) is 0 Å². The van der Waals surface area contributed by atoms with Crippen LogP contribution in [0.3, 0.4) is 0 Å². The van der Waals surface area contributed by atoms with Crippen molar-refractivity contribution in [3.63, 3.8) is 0 Å². The molecule has 1 saturated heterocycles. The van der Waals surface area contributed by atoms with E-state index < -0.39 is 0 Å². The molecule has 0 amide bonds. The molecule has 2 nitrogen and oxygen atoms in total. The van der Waals surface area contributed by atoms with Gasteiger partial charge in [0, 0.05) is 18.6 Å². The molecule has 0 aliphatic carbocycles. The summed E-state index contributed by atoms with van der Waals surface area (Å²) in [6.45, 7) is 11.9. The summed E-state index contributed by atoms with van der Waals surface area (Å²) in [5, 5.41) is 3.30. The van der Waals surface area contributed by atoms with Crippen LogP contribution in [0.5, 0.6) is 0 Å². The standard InChI is InChI=1S/C13H28N2/c1-11(10-14-5)15-9-7-6-8-12(15)13(2,3)4/h11-12,14H,6-10H2,1-5H3. The Bertz CT molecular complexity index is 183. The summed E-state index contributed by atoms with van der Waals surface area (Å²) in [5.41, 5.74) is 0.419. The number of hydrogen-bond acceptors (Lipinski definition) is 2. The van der Waals surface area contributed by atoms with Crippen molar-refractivity contribution in [1.29, 1.82) is 0 Å². The molecule has 1 aliphatic rings. The summed E-state index contributed by atoms with van der Waals surface area (Å²) in [7, 11) is 2.05. The van der Waals surface area contributed by atoms with Crippen molar-refractivity contribution in [2.24, 2.45) is 5.41 Å². The van der Waals surface area contributed by atoms with Gasteiger partial charge in [-0.05, 0) is 38.8 Å². The highest BCUT2D eigenvalue weighted by atomic mass is 15.2. The smallest absolute Gasteiger partial charge is 0.0195 e. The summed E-state index contributed by atoms with van der Waals surface area (Å²) >= 11 is 0. The fraction of sp³-hybridized carbons (Fsp3) is 1.00. The van der Waals surface area contributed by atoms with Gasteiger partial charge in [0.05, 0.1) is 0 Å². The summed E-state index contributed by atoms with van der Waals surface area (Å²) in [5.74, 6) is 0. The molecule has 0 saturated carbocycles. The van der Waals surface area contributed by atoms with Crippen LogP contribution in [0.2, 0.25) is 0 Å². The van der Waals surface area contributed by atoms with E-state index in [1.165, 1.54) is 25.8 Å². The van der Waals surface area contributed by atoms with Crippen molar-refractivity contribution in [2.45, 2.75) is 59.0 Å². The zero-order valence-corrected chi connectivity index (χ0v) is 11.1. The van der Waals surface area contributed by atoms with Crippen LogP contribution in [0, 0.1) is 5.41 Å². The lowest BCUT2D eigenvalue weighted by Gasteiger charge is -2.46. The van der Waals surface area contributed by atoms with Crippen LogP contribution in [-0.2, 0) is 0 Å². The zero-order chi connectivity index (χ0) is 11.5. The molecule has 0 radical (unpaired) electrons. The molecule has 1 fully saturated rings. The average molecular weight is 212 g/mol. The van der Waals surface area contributed by atoms with E-state index in [0.29, 0.717) is 11.5 Å². The third-order valence-electron chi connectivity index (χ3n) is 3.61. The van der Waals surface area contributed by atoms with Gasteiger partial charge in [-0.3, -0.25) is 4.90 Å². The molecule has 90 valence electrons. The Morgan fingerprint density at radius 3 is 2.53 bits per heavy atom. The largest absolute Gasteiger partial charge is 0.318 e. The molecule has 0 aromatic rings. The van der Waals surface area contributed by atoms with Gasteiger partial charge >= 0.3 is 0 Å². The molecule has 1 heterocycles. The fourth-order valence-electron chi connectivity index (χ4n) is 2.82. The maximum Gasteiger partial charge on any atom is 0.0195 e. The van der Waals surface area contributed by atoms with Gasteiger partial charge in [-0.2, -0.15) is 0 Å². The Morgan fingerprint density at radius 2 is 2.00 bits per heavy atom. The number of piperidine rings is 1. The molecule has 15 heavy (non-hydrogen) atoms. The van der Waals surface area contributed by atoms with Crippen LogP contribution in [0.4, 0.5) is 0 Å². The first kappa shape index (κ1) is 13.0. The van der Waals surface area contributed by atoms with Crippen LogP contribution < -0.4 is 5.32 Å². The van der Waals surface area contributed by atoms with Crippen molar-refractivity contribution in [3.05, 3.63) is 0 Å². The number of nitrogens with one attached hydrogen (secondary N) is 1. The van der Waals surface area contributed by atoms with E-state index in [2.05, 4.69) is 37.9 Å². The number of rotatable bonds is 3. The molecular weight excluding hydrogens is 184 g/mol. The average Bonchev–Trinajstić information content (AvgIpc) is 2.17. The van der Waals surface area contributed by atoms with Gasteiger partial charge in [-0.1, -0.05) is 27.2 Å². The lowest BCUT2D eigenvalue weighted by Crippen LogP contribution is -2.53. The third kappa shape index (κ3) is 3.46. The molecule has 0 bridgehead atoms. The first-order chi connectivity index (χ1) is 6.96. The van der Waals surface area contributed by atoms with E-state index in [1.807, 2.05) is 7.05 Å². The quantitative estimate of drug-likeness (QED) is 0.773. The highest BCUT2D eigenvalue weighted by Crippen LogP contribution is 2.32. The van der Waals surface area contributed by atoms with Crippen molar-refractivity contribution in [1.82, 2.24) is 10.2 Å². The second-order valence-electron chi connectivity index (χ2n) is 6.02. The third-order valence-corrected chi connectivity index (χ3v) is 3.61. The molecule has 2 heteroatoms. The molecule has 0 aromatic heterocycles.